The first kappa shape index (κ1) is 23.5. The van der Waals surface area contributed by atoms with Crippen molar-refractivity contribution in [2.45, 2.75) is 31.7 Å². The third-order valence-corrected chi connectivity index (χ3v) is 6.90. The van der Waals surface area contributed by atoms with E-state index in [2.05, 4.69) is 16.7 Å². The number of nitrogens with one attached hydrogen (secondary N) is 2. The van der Waals surface area contributed by atoms with Crippen LogP contribution < -0.4 is 15.4 Å². The minimum atomic E-state index is -0.585. The van der Waals surface area contributed by atoms with Gasteiger partial charge < -0.3 is 20.5 Å². The standard InChI is InChI=1S/C26H25N3O4S/c1-33-22-12-17(10-11-20(22)30)24-18(13-27)26(29-19-8-5-9-21(31)25(19)24)34-15-23(32)28-14-16-6-3-2-4-7-16/h2-4,6-7,10-12,24,29-30H,5,8-9,14-15H2,1H3,(H,28,32)/t24-/m0/s1. The van der Waals surface area contributed by atoms with Crippen LogP contribution in [0.4, 0.5) is 0 Å². The number of Topliss-reactive ketones (excluding diaryl/α,β-unsaturated/α-hetero) is 1. The molecule has 7 nitrogen and oxygen atoms in total. The Morgan fingerprint density at radius 3 is 2.79 bits per heavy atom. The number of phenols is 1. The van der Waals surface area contributed by atoms with Crippen LogP contribution >= 0.6 is 11.8 Å². The highest BCUT2D eigenvalue weighted by atomic mass is 32.2. The smallest absolute Gasteiger partial charge is 0.230 e. The quantitative estimate of drug-likeness (QED) is 0.557. The van der Waals surface area contributed by atoms with Gasteiger partial charge in [-0.25, -0.2) is 0 Å². The number of benzene rings is 2. The third-order valence-electron chi connectivity index (χ3n) is 5.88. The van der Waals surface area contributed by atoms with Crippen LogP contribution in [0.5, 0.6) is 11.5 Å². The number of carbonyl (C=O) groups is 2. The van der Waals surface area contributed by atoms with E-state index in [1.807, 2.05) is 30.3 Å². The molecule has 0 saturated heterocycles. The lowest BCUT2D eigenvalue weighted by molar-refractivity contribution is -0.119. The Hall–Kier alpha value is -3.70. The van der Waals surface area contributed by atoms with Gasteiger partial charge in [-0.2, -0.15) is 5.26 Å². The van der Waals surface area contributed by atoms with Crippen LogP contribution in [0.2, 0.25) is 0 Å². The monoisotopic (exact) mass is 475 g/mol. The number of amides is 1. The number of rotatable bonds is 7. The number of aromatic hydroxyl groups is 1. The summed E-state index contributed by atoms with van der Waals surface area (Å²) in [5, 5.41) is 26.9. The Kier molecular flexibility index (Phi) is 7.24. The van der Waals surface area contributed by atoms with Crippen LogP contribution in [-0.2, 0) is 16.1 Å². The Morgan fingerprint density at radius 1 is 1.26 bits per heavy atom. The van der Waals surface area contributed by atoms with Gasteiger partial charge in [0.2, 0.25) is 5.91 Å². The number of hydrogen-bond donors (Lipinski definition) is 3. The highest BCUT2D eigenvalue weighted by molar-refractivity contribution is 8.03. The van der Waals surface area contributed by atoms with Gasteiger partial charge >= 0.3 is 0 Å². The number of carbonyl (C=O) groups excluding carboxylic acids is 2. The van der Waals surface area contributed by atoms with Crippen molar-refractivity contribution in [2.75, 3.05) is 12.9 Å². The summed E-state index contributed by atoms with van der Waals surface area (Å²) >= 11 is 1.25. The minimum absolute atomic E-state index is 0.00296. The van der Waals surface area contributed by atoms with Gasteiger partial charge in [0.1, 0.15) is 0 Å². The topological polar surface area (TPSA) is 111 Å². The molecule has 1 atom stereocenters. The molecular formula is C26H25N3O4S. The maximum absolute atomic E-state index is 12.9. The van der Waals surface area contributed by atoms with Crippen molar-refractivity contribution >= 4 is 23.5 Å². The second-order valence-electron chi connectivity index (χ2n) is 8.06. The summed E-state index contributed by atoms with van der Waals surface area (Å²) in [6.45, 7) is 0.428. The number of ether oxygens (including phenoxy) is 1. The average Bonchev–Trinajstić information content (AvgIpc) is 2.86. The van der Waals surface area contributed by atoms with E-state index in [1.165, 1.54) is 24.9 Å². The maximum Gasteiger partial charge on any atom is 0.230 e. The van der Waals surface area contributed by atoms with Crippen molar-refractivity contribution in [1.29, 1.82) is 5.26 Å². The first-order chi connectivity index (χ1) is 16.5. The lowest BCUT2D eigenvalue weighted by Crippen LogP contribution is -2.32. The molecule has 0 spiro atoms. The fourth-order valence-corrected chi connectivity index (χ4v) is 5.12. The fraction of sp³-hybridized carbons (Fsp3) is 0.269. The molecule has 4 rings (SSSR count). The third kappa shape index (κ3) is 4.95. The maximum atomic E-state index is 12.9. The molecule has 0 saturated carbocycles. The number of dihydropyridines is 1. The van der Waals surface area contributed by atoms with E-state index in [4.69, 9.17) is 4.74 Å². The molecule has 0 radical (unpaired) electrons. The molecular weight excluding hydrogens is 450 g/mol. The molecule has 0 bridgehead atoms. The Morgan fingerprint density at radius 2 is 2.06 bits per heavy atom. The zero-order valence-corrected chi connectivity index (χ0v) is 19.6. The summed E-state index contributed by atoms with van der Waals surface area (Å²) < 4.78 is 5.25. The molecule has 8 heteroatoms. The average molecular weight is 476 g/mol. The van der Waals surface area contributed by atoms with E-state index >= 15 is 0 Å². The van der Waals surface area contributed by atoms with Gasteiger partial charge in [-0.1, -0.05) is 48.2 Å². The van der Waals surface area contributed by atoms with E-state index in [0.717, 1.165) is 17.7 Å². The Bertz CT molecular complexity index is 1210. The second kappa shape index (κ2) is 10.5. The van der Waals surface area contributed by atoms with E-state index < -0.39 is 5.92 Å². The summed E-state index contributed by atoms with van der Waals surface area (Å²) in [5.74, 6) is -0.350. The Balaban J connectivity index is 1.60. The lowest BCUT2D eigenvalue weighted by Gasteiger charge is -2.33. The van der Waals surface area contributed by atoms with Gasteiger partial charge in [-0.05, 0) is 36.1 Å². The first-order valence-electron chi connectivity index (χ1n) is 11.0. The van der Waals surface area contributed by atoms with Crippen molar-refractivity contribution in [2.24, 2.45) is 0 Å². The number of nitrogens with zero attached hydrogens (tertiary/aromatic N) is 1. The van der Waals surface area contributed by atoms with Gasteiger partial charge in [0.25, 0.3) is 0 Å². The predicted octanol–water partition coefficient (Wildman–Crippen LogP) is 3.88. The van der Waals surface area contributed by atoms with E-state index in [-0.39, 0.29) is 28.9 Å². The van der Waals surface area contributed by atoms with Crippen molar-refractivity contribution in [3.8, 4) is 17.6 Å². The molecule has 1 aliphatic carbocycles. The molecule has 1 heterocycles. The molecule has 1 aliphatic heterocycles. The summed E-state index contributed by atoms with van der Waals surface area (Å²) in [6.07, 6.45) is 1.85. The van der Waals surface area contributed by atoms with Crippen molar-refractivity contribution in [3.05, 3.63) is 81.5 Å². The number of nitriles is 1. The van der Waals surface area contributed by atoms with Gasteiger partial charge in [0, 0.05) is 24.2 Å². The molecule has 174 valence electrons. The second-order valence-corrected chi connectivity index (χ2v) is 9.05. The number of phenolic OH excluding ortho intramolecular Hbond substituents is 1. The highest BCUT2D eigenvalue weighted by Gasteiger charge is 2.37. The summed E-state index contributed by atoms with van der Waals surface area (Å²) in [6, 6.07) is 16.8. The molecule has 3 N–H and O–H groups in total. The van der Waals surface area contributed by atoms with Crippen LogP contribution in [-0.4, -0.2) is 29.7 Å². The molecule has 2 aromatic rings. The van der Waals surface area contributed by atoms with E-state index in [0.29, 0.717) is 41.1 Å². The van der Waals surface area contributed by atoms with Gasteiger partial charge in [-0.15, -0.1) is 0 Å². The SMILES string of the molecule is COc1cc([C@H]2C(C#N)=C(SCC(=O)NCc3ccccc3)NC3=C2C(=O)CCC3)ccc1O. The summed E-state index contributed by atoms with van der Waals surface area (Å²) in [4.78, 5) is 25.4. The van der Waals surface area contributed by atoms with Crippen LogP contribution in [0.3, 0.4) is 0 Å². The predicted molar refractivity (Wildman–Crippen MR) is 130 cm³/mol. The van der Waals surface area contributed by atoms with Gasteiger partial charge in [-0.3, -0.25) is 9.59 Å². The number of methoxy groups -OCH3 is 1. The van der Waals surface area contributed by atoms with Crippen molar-refractivity contribution < 1.29 is 19.4 Å². The normalized spacial score (nSPS) is 17.5. The van der Waals surface area contributed by atoms with Crippen molar-refractivity contribution in [3.63, 3.8) is 0 Å². The fourth-order valence-electron chi connectivity index (χ4n) is 4.23. The molecule has 0 fully saturated rings. The van der Waals surface area contributed by atoms with E-state index in [1.54, 1.807) is 12.1 Å². The van der Waals surface area contributed by atoms with Crippen LogP contribution in [0.1, 0.15) is 36.3 Å². The summed E-state index contributed by atoms with van der Waals surface area (Å²) in [5.41, 5.74) is 3.43. The lowest BCUT2D eigenvalue weighted by atomic mass is 9.77. The number of ketones is 1. The first-order valence-corrected chi connectivity index (χ1v) is 12.0. The van der Waals surface area contributed by atoms with Gasteiger partial charge in [0.15, 0.2) is 17.3 Å². The zero-order valence-electron chi connectivity index (χ0n) is 18.8. The molecule has 2 aromatic carbocycles. The van der Waals surface area contributed by atoms with Crippen LogP contribution in [0, 0.1) is 11.3 Å². The van der Waals surface area contributed by atoms with Crippen LogP contribution in [0.15, 0.2) is 70.4 Å². The van der Waals surface area contributed by atoms with Crippen molar-refractivity contribution in [1.82, 2.24) is 10.6 Å². The molecule has 0 unspecified atom stereocenters. The highest BCUT2D eigenvalue weighted by Crippen LogP contribution is 2.45. The summed E-state index contributed by atoms with van der Waals surface area (Å²) in [7, 11) is 1.45. The van der Waals surface area contributed by atoms with Crippen LogP contribution in [0.25, 0.3) is 0 Å². The molecule has 0 aromatic heterocycles. The van der Waals surface area contributed by atoms with E-state index in [9.17, 15) is 20.0 Å². The zero-order chi connectivity index (χ0) is 24.1. The van der Waals surface area contributed by atoms with Gasteiger partial charge in [0.05, 0.1) is 35.5 Å². The minimum Gasteiger partial charge on any atom is -0.504 e. The largest absolute Gasteiger partial charge is 0.504 e. The molecule has 34 heavy (non-hydrogen) atoms. The molecule has 1 amide bonds. The number of allylic oxidation sites excluding steroid dienone is 3. The molecule has 2 aliphatic rings. The number of hydrogen-bond acceptors (Lipinski definition) is 7. The number of thioether (sulfide) groups is 1. The Labute approximate surface area is 202 Å².